The van der Waals surface area contributed by atoms with Crippen molar-refractivity contribution in [2.45, 2.75) is 44.7 Å². The Bertz CT molecular complexity index is 787. The summed E-state index contributed by atoms with van der Waals surface area (Å²) < 4.78 is 5.23. The Labute approximate surface area is 164 Å². The number of nitrogens with one attached hydrogen (secondary N) is 2. The van der Waals surface area contributed by atoms with Crippen LogP contribution in [-0.4, -0.2) is 40.8 Å². The molecule has 1 aliphatic carbocycles. The number of urea groups is 1. The fraction of sp³-hybridized carbons (Fsp3) is 0.550. The van der Waals surface area contributed by atoms with Gasteiger partial charge in [-0.2, -0.15) is 0 Å². The first kappa shape index (κ1) is 18.7. The molecule has 8 nitrogen and oxygen atoms in total. The molecule has 1 fully saturated rings. The average molecular weight is 385 g/mol. The van der Waals surface area contributed by atoms with Crippen molar-refractivity contribution < 1.29 is 14.3 Å². The lowest BCUT2D eigenvalue weighted by molar-refractivity contribution is 0.202. The van der Waals surface area contributed by atoms with Gasteiger partial charge < -0.3 is 25.1 Å². The molecule has 0 radical (unpaired) electrons. The number of carbonyl (C=O) groups is 1. The van der Waals surface area contributed by atoms with E-state index < -0.39 is 0 Å². The van der Waals surface area contributed by atoms with Gasteiger partial charge in [0.25, 0.3) is 0 Å². The van der Waals surface area contributed by atoms with Crippen LogP contribution in [0.1, 0.15) is 48.7 Å². The zero-order chi connectivity index (χ0) is 19.3. The van der Waals surface area contributed by atoms with Crippen LogP contribution in [0.25, 0.3) is 0 Å². The Morgan fingerprint density at radius 1 is 1.32 bits per heavy atom. The lowest BCUT2D eigenvalue weighted by Crippen LogP contribution is -2.39. The number of carbonyl (C=O) groups excluding carboxylic acids is 1. The minimum absolute atomic E-state index is 0.0745. The summed E-state index contributed by atoms with van der Waals surface area (Å²) in [6, 6.07) is 3.33. The van der Waals surface area contributed by atoms with E-state index in [1.807, 2.05) is 12.3 Å². The predicted molar refractivity (Wildman–Crippen MR) is 104 cm³/mol. The fourth-order valence-corrected chi connectivity index (χ4v) is 3.94. The van der Waals surface area contributed by atoms with Crippen LogP contribution >= 0.6 is 0 Å². The first-order chi connectivity index (χ1) is 13.7. The second-order valence-corrected chi connectivity index (χ2v) is 7.54. The summed E-state index contributed by atoms with van der Waals surface area (Å²) in [4.78, 5) is 23.8. The molecular formula is C20H27N5O3. The molecular weight excluding hydrogens is 358 g/mol. The van der Waals surface area contributed by atoms with Crippen LogP contribution in [0.5, 0.6) is 0 Å². The Hall–Kier alpha value is -2.61. The van der Waals surface area contributed by atoms with E-state index in [4.69, 9.17) is 9.40 Å². The number of aliphatic hydroxyl groups is 1. The van der Waals surface area contributed by atoms with Crippen LogP contribution < -0.4 is 15.5 Å². The third-order valence-corrected chi connectivity index (χ3v) is 5.63. The molecule has 1 aliphatic heterocycles. The van der Waals surface area contributed by atoms with E-state index in [-0.39, 0.29) is 18.7 Å². The fourth-order valence-electron chi connectivity index (χ4n) is 3.94. The molecule has 0 unspecified atom stereocenters. The maximum atomic E-state index is 12.3. The van der Waals surface area contributed by atoms with Crippen molar-refractivity contribution in [3.05, 3.63) is 41.6 Å². The normalized spacial score (nSPS) is 19.9. The smallest absolute Gasteiger partial charge is 0.315 e. The van der Waals surface area contributed by atoms with Crippen molar-refractivity contribution in [1.29, 1.82) is 0 Å². The number of rotatable bonds is 5. The van der Waals surface area contributed by atoms with Crippen LogP contribution in [0, 0.1) is 5.92 Å². The Balaban J connectivity index is 1.38. The molecule has 2 aliphatic rings. The molecule has 0 saturated carbocycles. The standard InChI is InChI=1S/C20H27N5O3/c26-13-14-6-8-25(9-7-14)19-21-12-16-17(23-19)4-1-5-18(16)24-20(27)22-11-15-3-2-10-28-15/h2-3,10,12,14,18,26H,1,4-9,11,13H2,(H2,22,24,27)/t18-/m0/s1. The van der Waals surface area contributed by atoms with Crippen molar-refractivity contribution in [3.8, 4) is 0 Å². The van der Waals surface area contributed by atoms with Gasteiger partial charge in [-0.3, -0.25) is 0 Å². The van der Waals surface area contributed by atoms with Crippen molar-refractivity contribution in [2.75, 3.05) is 24.6 Å². The van der Waals surface area contributed by atoms with Crippen LogP contribution in [0.2, 0.25) is 0 Å². The molecule has 2 amide bonds. The van der Waals surface area contributed by atoms with Gasteiger partial charge in [-0.05, 0) is 50.2 Å². The zero-order valence-electron chi connectivity index (χ0n) is 15.9. The highest BCUT2D eigenvalue weighted by molar-refractivity contribution is 5.74. The SMILES string of the molecule is O=C(NCc1ccco1)N[C@H]1CCCc2nc(N3CCC(CO)CC3)ncc21. The first-order valence-electron chi connectivity index (χ1n) is 10.0. The van der Waals surface area contributed by atoms with E-state index in [2.05, 4.69) is 20.5 Å². The Morgan fingerprint density at radius 2 is 2.18 bits per heavy atom. The number of aryl methyl sites for hydroxylation is 1. The van der Waals surface area contributed by atoms with Gasteiger partial charge in [0.05, 0.1) is 24.5 Å². The lowest BCUT2D eigenvalue weighted by Gasteiger charge is -2.32. The quantitative estimate of drug-likeness (QED) is 0.729. The predicted octanol–water partition coefficient (Wildman–Crippen LogP) is 2.16. The molecule has 2 aromatic heterocycles. The molecule has 0 bridgehead atoms. The van der Waals surface area contributed by atoms with E-state index in [1.54, 1.807) is 12.3 Å². The molecule has 0 spiro atoms. The van der Waals surface area contributed by atoms with E-state index >= 15 is 0 Å². The van der Waals surface area contributed by atoms with Gasteiger partial charge in [-0.15, -0.1) is 0 Å². The molecule has 1 saturated heterocycles. The van der Waals surface area contributed by atoms with Crippen molar-refractivity contribution in [1.82, 2.24) is 20.6 Å². The number of aromatic nitrogens is 2. The number of fused-ring (bicyclic) bond motifs is 1. The molecule has 2 aromatic rings. The summed E-state index contributed by atoms with van der Waals surface area (Å²) in [7, 11) is 0. The number of furan rings is 1. The van der Waals surface area contributed by atoms with Crippen molar-refractivity contribution in [2.24, 2.45) is 5.92 Å². The number of anilines is 1. The Kier molecular flexibility index (Phi) is 5.76. The summed E-state index contributed by atoms with van der Waals surface area (Å²) in [6.45, 7) is 2.37. The second kappa shape index (κ2) is 8.60. The minimum Gasteiger partial charge on any atom is -0.467 e. The number of hydrogen-bond acceptors (Lipinski definition) is 6. The molecule has 1 atom stereocenters. The molecule has 8 heteroatoms. The van der Waals surface area contributed by atoms with Crippen LogP contribution in [0.4, 0.5) is 10.7 Å². The van der Waals surface area contributed by atoms with Gasteiger partial charge in [0.1, 0.15) is 5.76 Å². The summed E-state index contributed by atoms with van der Waals surface area (Å²) >= 11 is 0. The van der Waals surface area contributed by atoms with Gasteiger partial charge in [0.15, 0.2) is 0 Å². The summed E-state index contributed by atoms with van der Waals surface area (Å²) in [6.07, 6.45) is 8.17. The van der Waals surface area contributed by atoms with Gasteiger partial charge in [-0.25, -0.2) is 14.8 Å². The Morgan fingerprint density at radius 3 is 2.93 bits per heavy atom. The van der Waals surface area contributed by atoms with Gasteiger partial charge in [0.2, 0.25) is 5.95 Å². The van der Waals surface area contributed by atoms with Crippen molar-refractivity contribution in [3.63, 3.8) is 0 Å². The molecule has 4 rings (SSSR count). The summed E-state index contributed by atoms with van der Waals surface area (Å²) in [5.74, 6) is 1.87. The van der Waals surface area contributed by atoms with E-state index in [1.165, 1.54) is 0 Å². The maximum Gasteiger partial charge on any atom is 0.315 e. The van der Waals surface area contributed by atoms with Gasteiger partial charge in [-0.1, -0.05) is 0 Å². The maximum absolute atomic E-state index is 12.3. The van der Waals surface area contributed by atoms with Gasteiger partial charge in [0, 0.05) is 31.5 Å². The number of amides is 2. The monoisotopic (exact) mass is 385 g/mol. The molecule has 150 valence electrons. The third kappa shape index (κ3) is 4.27. The number of nitrogens with zero attached hydrogens (tertiary/aromatic N) is 3. The molecule has 3 N–H and O–H groups in total. The second-order valence-electron chi connectivity index (χ2n) is 7.54. The van der Waals surface area contributed by atoms with Crippen LogP contribution in [-0.2, 0) is 13.0 Å². The largest absolute Gasteiger partial charge is 0.467 e. The van der Waals surface area contributed by atoms with E-state index in [9.17, 15) is 9.90 Å². The van der Waals surface area contributed by atoms with Crippen LogP contribution in [0.3, 0.4) is 0 Å². The molecule has 28 heavy (non-hydrogen) atoms. The highest BCUT2D eigenvalue weighted by atomic mass is 16.3. The highest BCUT2D eigenvalue weighted by Gasteiger charge is 2.26. The topological polar surface area (TPSA) is 104 Å². The molecule has 0 aromatic carbocycles. The number of aliphatic hydroxyl groups excluding tert-OH is 1. The summed E-state index contributed by atoms with van der Waals surface area (Å²) in [5.41, 5.74) is 2.03. The third-order valence-electron chi connectivity index (χ3n) is 5.63. The number of hydrogen-bond donors (Lipinski definition) is 3. The molecule has 3 heterocycles. The number of piperidine rings is 1. The average Bonchev–Trinajstić information content (AvgIpc) is 3.26. The highest BCUT2D eigenvalue weighted by Crippen LogP contribution is 2.30. The minimum atomic E-state index is -0.218. The van der Waals surface area contributed by atoms with Crippen molar-refractivity contribution >= 4 is 12.0 Å². The van der Waals surface area contributed by atoms with E-state index in [0.29, 0.717) is 12.5 Å². The zero-order valence-corrected chi connectivity index (χ0v) is 15.9. The first-order valence-corrected chi connectivity index (χ1v) is 10.0. The van der Waals surface area contributed by atoms with Gasteiger partial charge >= 0.3 is 6.03 Å². The van der Waals surface area contributed by atoms with Crippen LogP contribution in [0.15, 0.2) is 29.0 Å². The summed E-state index contributed by atoms with van der Waals surface area (Å²) in [5, 5.41) is 15.2. The van der Waals surface area contributed by atoms with E-state index in [0.717, 1.165) is 68.2 Å². The lowest BCUT2D eigenvalue weighted by atomic mass is 9.92.